The van der Waals surface area contributed by atoms with Crippen molar-refractivity contribution >= 4 is 35.4 Å². The zero-order valence-corrected chi connectivity index (χ0v) is 18.6. The summed E-state index contributed by atoms with van der Waals surface area (Å²) in [6, 6.07) is 11.1. The molecule has 2 aromatic carbocycles. The molecule has 0 saturated heterocycles. The summed E-state index contributed by atoms with van der Waals surface area (Å²) in [5.74, 6) is 1.23. The Kier molecular flexibility index (Phi) is 6.58. The molecule has 1 aliphatic rings. The van der Waals surface area contributed by atoms with E-state index in [2.05, 4.69) is 22.5 Å². The van der Waals surface area contributed by atoms with Gasteiger partial charge < -0.3 is 19.2 Å². The second-order valence-corrected chi connectivity index (χ2v) is 8.02. The fraction of sp³-hybridized carbons (Fsp3) is 0.318. The summed E-state index contributed by atoms with van der Waals surface area (Å²) in [7, 11) is 1.52. The van der Waals surface area contributed by atoms with E-state index < -0.39 is 0 Å². The number of amides is 1. The zero-order valence-electron chi connectivity index (χ0n) is 17.0. The third kappa shape index (κ3) is 5.26. The summed E-state index contributed by atoms with van der Waals surface area (Å²) in [5, 5.41) is 7.48. The molecule has 0 atom stereocenters. The topological polar surface area (TPSA) is 78.5 Å². The van der Waals surface area contributed by atoms with Crippen LogP contribution in [-0.4, -0.2) is 22.8 Å². The van der Waals surface area contributed by atoms with Gasteiger partial charge in [-0.2, -0.15) is 0 Å². The highest BCUT2D eigenvalue weighted by molar-refractivity contribution is 7.71. The molecule has 1 aromatic heterocycles. The van der Waals surface area contributed by atoms with E-state index >= 15 is 0 Å². The Labute approximate surface area is 189 Å². The highest BCUT2D eigenvalue weighted by atomic mass is 35.5. The normalized spacial score (nSPS) is 12.8. The van der Waals surface area contributed by atoms with Gasteiger partial charge in [-0.3, -0.25) is 4.79 Å². The van der Waals surface area contributed by atoms with Gasteiger partial charge in [0.15, 0.2) is 6.61 Å². The fourth-order valence-corrected chi connectivity index (χ4v) is 3.93. The van der Waals surface area contributed by atoms with E-state index in [0.717, 1.165) is 18.6 Å². The zero-order chi connectivity index (χ0) is 21.8. The third-order valence-electron chi connectivity index (χ3n) is 5.06. The number of carbonyl (C=O) groups excluding carboxylic acids is 1. The second-order valence-electron chi connectivity index (χ2n) is 7.24. The number of hydrogen-bond acceptors (Lipinski definition) is 6. The van der Waals surface area contributed by atoms with Gasteiger partial charge in [-0.15, -0.1) is 5.10 Å². The number of nitrogens with one attached hydrogen (secondary N) is 1. The minimum absolute atomic E-state index is 0.0947. The maximum Gasteiger partial charge on any atom is 0.287 e. The van der Waals surface area contributed by atoms with E-state index in [4.69, 9.17) is 37.7 Å². The lowest BCUT2D eigenvalue weighted by molar-refractivity contribution is -0.117. The highest BCUT2D eigenvalue weighted by Gasteiger charge is 2.14. The van der Waals surface area contributed by atoms with Gasteiger partial charge in [0.2, 0.25) is 5.91 Å². The molecule has 1 amide bonds. The maximum absolute atomic E-state index is 12.4. The molecule has 1 N–H and O–H groups in total. The molecule has 3 aromatic rings. The number of carbonyl (C=O) groups is 1. The molecule has 1 aliphatic carbocycles. The summed E-state index contributed by atoms with van der Waals surface area (Å²) < 4.78 is 17.9. The molecule has 0 aliphatic heterocycles. The molecule has 1 heterocycles. The number of ether oxygens (including phenoxy) is 2. The van der Waals surface area contributed by atoms with Crippen molar-refractivity contribution in [1.29, 1.82) is 0 Å². The minimum atomic E-state index is -0.341. The Morgan fingerprint density at radius 3 is 2.84 bits per heavy atom. The number of aryl methyl sites for hydroxylation is 2. The molecule has 7 nitrogen and oxygen atoms in total. The average Bonchev–Trinajstić information content (AvgIpc) is 3.11. The monoisotopic (exact) mass is 459 g/mol. The van der Waals surface area contributed by atoms with E-state index in [9.17, 15) is 4.79 Å². The molecule has 0 radical (unpaired) electrons. The van der Waals surface area contributed by atoms with Crippen molar-refractivity contribution in [3.05, 3.63) is 63.3 Å². The molecule has 4 rings (SSSR count). The number of rotatable bonds is 7. The van der Waals surface area contributed by atoms with Gasteiger partial charge >= 0.3 is 0 Å². The Balaban J connectivity index is 1.38. The molecular weight excluding hydrogens is 438 g/mol. The number of benzene rings is 2. The van der Waals surface area contributed by atoms with Crippen molar-refractivity contribution in [3.63, 3.8) is 0 Å². The molecule has 0 saturated carbocycles. The molecule has 0 bridgehead atoms. The van der Waals surface area contributed by atoms with Crippen molar-refractivity contribution < 1.29 is 18.7 Å². The van der Waals surface area contributed by atoms with E-state index in [1.165, 1.54) is 35.8 Å². The summed E-state index contributed by atoms with van der Waals surface area (Å²) in [5.41, 5.74) is 3.19. The lowest BCUT2D eigenvalue weighted by Gasteiger charge is -2.16. The Morgan fingerprint density at radius 1 is 1.23 bits per heavy atom. The quantitative estimate of drug-likeness (QED) is 0.503. The van der Waals surface area contributed by atoms with Crippen LogP contribution in [0.1, 0.15) is 29.9 Å². The molecule has 0 spiro atoms. The van der Waals surface area contributed by atoms with Crippen molar-refractivity contribution in [1.82, 2.24) is 9.78 Å². The first-order chi connectivity index (χ1) is 15.0. The number of aromatic nitrogens is 2. The maximum atomic E-state index is 12.4. The smallest absolute Gasteiger partial charge is 0.287 e. The van der Waals surface area contributed by atoms with Gasteiger partial charge in [-0.1, -0.05) is 17.7 Å². The first kappa shape index (κ1) is 21.4. The lowest BCUT2D eigenvalue weighted by atomic mass is 9.92. The largest absolute Gasteiger partial charge is 0.495 e. The lowest BCUT2D eigenvalue weighted by Crippen LogP contribution is -2.20. The molecule has 0 fully saturated rings. The predicted octanol–water partition coefficient (Wildman–Crippen LogP) is 4.96. The van der Waals surface area contributed by atoms with Crippen LogP contribution < -0.4 is 14.8 Å². The van der Waals surface area contributed by atoms with Crippen LogP contribution in [0, 0.1) is 4.84 Å². The second kappa shape index (κ2) is 9.53. The summed E-state index contributed by atoms with van der Waals surface area (Å²) in [6.45, 7) is 0.00993. The number of methoxy groups -OCH3 is 1. The molecular formula is C22H22ClN3O4S. The first-order valence-corrected chi connectivity index (χ1v) is 10.8. The van der Waals surface area contributed by atoms with E-state index in [1.807, 2.05) is 6.07 Å². The van der Waals surface area contributed by atoms with Gasteiger partial charge in [0.05, 0.1) is 12.8 Å². The van der Waals surface area contributed by atoms with Crippen LogP contribution in [0.3, 0.4) is 0 Å². The molecule has 31 heavy (non-hydrogen) atoms. The Bertz CT molecular complexity index is 1160. The Hall–Kier alpha value is -2.84. The van der Waals surface area contributed by atoms with Gasteiger partial charge in [0, 0.05) is 5.02 Å². The standard InChI is InChI=1S/C22H22ClN3O4S/c1-28-19-9-7-16(23)11-18(19)24-20(27)12-26-22(31)30-21(25-26)13-29-17-8-6-14-4-2-3-5-15(14)10-17/h6-11H,2-5,12-13H2,1H3,(H,24,27). The van der Waals surface area contributed by atoms with Crippen LogP contribution in [0.2, 0.25) is 5.02 Å². The number of nitrogens with zero attached hydrogens (tertiary/aromatic N) is 2. The van der Waals surface area contributed by atoms with Gasteiger partial charge in [-0.25, -0.2) is 4.68 Å². The van der Waals surface area contributed by atoms with E-state index in [0.29, 0.717) is 22.4 Å². The molecule has 0 unspecified atom stereocenters. The first-order valence-electron chi connectivity index (χ1n) is 9.96. The van der Waals surface area contributed by atoms with Crippen LogP contribution in [-0.2, 0) is 30.8 Å². The fourth-order valence-electron chi connectivity index (χ4n) is 3.56. The van der Waals surface area contributed by atoms with Crippen LogP contribution in [0.15, 0.2) is 40.8 Å². The molecule has 162 valence electrons. The van der Waals surface area contributed by atoms with E-state index in [-0.39, 0.29) is 23.9 Å². The van der Waals surface area contributed by atoms with Crippen LogP contribution in [0.5, 0.6) is 11.5 Å². The SMILES string of the molecule is COc1ccc(Cl)cc1NC(=O)Cn1nc(COc2ccc3c(c2)CCCC3)oc1=S. The number of halogens is 1. The Morgan fingerprint density at radius 2 is 2.03 bits per heavy atom. The summed E-state index contributed by atoms with van der Waals surface area (Å²) in [6.07, 6.45) is 4.65. The van der Waals surface area contributed by atoms with Crippen LogP contribution >= 0.6 is 23.8 Å². The van der Waals surface area contributed by atoms with Gasteiger partial charge in [0.1, 0.15) is 18.0 Å². The average molecular weight is 460 g/mol. The third-order valence-corrected chi connectivity index (χ3v) is 5.59. The van der Waals surface area contributed by atoms with Crippen molar-refractivity contribution in [3.8, 4) is 11.5 Å². The number of hydrogen-bond donors (Lipinski definition) is 1. The van der Waals surface area contributed by atoms with Crippen LogP contribution in [0.4, 0.5) is 5.69 Å². The van der Waals surface area contributed by atoms with Gasteiger partial charge in [0.25, 0.3) is 10.7 Å². The van der Waals surface area contributed by atoms with Gasteiger partial charge in [-0.05, 0) is 79.4 Å². The van der Waals surface area contributed by atoms with Crippen molar-refractivity contribution in [2.45, 2.75) is 38.8 Å². The number of fused-ring (bicyclic) bond motifs is 1. The van der Waals surface area contributed by atoms with Crippen LogP contribution in [0.25, 0.3) is 0 Å². The minimum Gasteiger partial charge on any atom is -0.495 e. The molecule has 9 heteroatoms. The van der Waals surface area contributed by atoms with Crippen molar-refractivity contribution in [2.75, 3.05) is 12.4 Å². The summed E-state index contributed by atoms with van der Waals surface area (Å²) in [4.78, 5) is 12.5. The predicted molar refractivity (Wildman–Crippen MR) is 119 cm³/mol. The number of anilines is 1. The highest BCUT2D eigenvalue weighted by Crippen LogP contribution is 2.28. The van der Waals surface area contributed by atoms with Crippen molar-refractivity contribution in [2.24, 2.45) is 0 Å². The van der Waals surface area contributed by atoms with E-state index in [1.54, 1.807) is 18.2 Å². The summed E-state index contributed by atoms with van der Waals surface area (Å²) >= 11 is 11.2.